The molecule has 2 N–H and O–H groups in total. The third-order valence-corrected chi connectivity index (χ3v) is 8.10. The van der Waals surface area contributed by atoms with Gasteiger partial charge in [0, 0.05) is 51.7 Å². The third kappa shape index (κ3) is 7.90. The van der Waals surface area contributed by atoms with Crippen LogP contribution in [0.4, 0.5) is 0 Å². The lowest BCUT2D eigenvalue weighted by atomic mass is 9.90. The van der Waals surface area contributed by atoms with Gasteiger partial charge in [0.25, 0.3) is 0 Å². The van der Waals surface area contributed by atoms with Gasteiger partial charge in [-0.15, -0.1) is 17.0 Å². The maximum Gasteiger partial charge on any atom is 0.0607 e. The minimum absolute atomic E-state index is 0. The fraction of sp³-hybridized carbons (Fsp3) is 0.278. The molecule has 0 bridgehead atoms. The minimum atomic E-state index is 0. The number of pyridine rings is 2. The van der Waals surface area contributed by atoms with Crippen LogP contribution in [0.1, 0.15) is 52.5 Å². The van der Waals surface area contributed by atoms with Gasteiger partial charge in [-0.3, -0.25) is 14.9 Å². The first-order valence-corrected chi connectivity index (χ1v) is 14.9. The highest BCUT2D eigenvalue weighted by Gasteiger charge is 2.27. The molecule has 1 aliphatic carbocycles. The van der Waals surface area contributed by atoms with Crippen LogP contribution in [0.25, 0.3) is 10.8 Å². The lowest BCUT2D eigenvalue weighted by Gasteiger charge is -2.35. The second-order valence-electron chi connectivity index (χ2n) is 11.0. The molecule has 1 atom stereocenters. The average molecular weight is 623 g/mol. The first kappa shape index (κ1) is 30.1. The van der Waals surface area contributed by atoms with E-state index in [0.717, 1.165) is 57.8 Å². The molecule has 0 aliphatic heterocycles. The zero-order chi connectivity index (χ0) is 27.7. The molecule has 2 aromatic heterocycles. The van der Waals surface area contributed by atoms with Gasteiger partial charge in [0.1, 0.15) is 0 Å². The molecule has 0 fully saturated rings. The summed E-state index contributed by atoms with van der Waals surface area (Å²) in [5, 5.41) is 9.82. The van der Waals surface area contributed by atoms with Crippen molar-refractivity contribution in [3.05, 3.63) is 143 Å². The maximum atomic E-state index is 4.87. The molecule has 0 radical (unpaired) electrons. The number of rotatable bonds is 12. The van der Waals surface area contributed by atoms with Crippen molar-refractivity contribution in [2.75, 3.05) is 13.1 Å². The van der Waals surface area contributed by atoms with Crippen LogP contribution in [0.5, 0.6) is 0 Å². The second kappa shape index (κ2) is 15.2. The fourth-order valence-corrected chi connectivity index (χ4v) is 5.92. The summed E-state index contributed by atoms with van der Waals surface area (Å²) in [6.07, 6.45) is 7.31. The molecule has 216 valence electrons. The van der Waals surface area contributed by atoms with Gasteiger partial charge in [-0.05, 0) is 76.6 Å². The van der Waals surface area contributed by atoms with E-state index in [-0.39, 0.29) is 17.0 Å². The Labute approximate surface area is 260 Å². The van der Waals surface area contributed by atoms with E-state index in [1.165, 1.54) is 45.1 Å². The summed E-state index contributed by atoms with van der Waals surface area (Å²) in [4.78, 5) is 11.9. The van der Waals surface area contributed by atoms with E-state index in [1.807, 2.05) is 24.5 Å². The number of fused-ring (bicyclic) bond motifs is 2. The van der Waals surface area contributed by atoms with Gasteiger partial charge in [-0.1, -0.05) is 72.8 Å². The molecule has 42 heavy (non-hydrogen) atoms. The van der Waals surface area contributed by atoms with Crippen molar-refractivity contribution in [1.82, 2.24) is 25.5 Å². The molecule has 1 aliphatic rings. The summed E-state index contributed by atoms with van der Waals surface area (Å²) < 4.78 is 0. The summed E-state index contributed by atoms with van der Waals surface area (Å²) in [6.45, 7) is 5.30. The van der Waals surface area contributed by atoms with Crippen LogP contribution in [0.3, 0.4) is 0 Å². The van der Waals surface area contributed by atoms with E-state index in [1.54, 1.807) is 0 Å². The normalized spacial score (nSPS) is 14.5. The number of nitrogens with zero attached hydrogens (tertiary/aromatic N) is 3. The summed E-state index contributed by atoms with van der Waals surface area (Å²) in [5.41, 5.74) is 7.70. The zero-order valence-electron chi connectivity index (χ0n) is 24.1. The van der Waals surface area contributed by atoms with Crippen molar-refractivity contribution >= 4 is 27.8 Å². The molecule has 3 aromatic carbocycles. The molecule has 0 saturated heterocycles. The third-order valence-electron chi connectivity index (χ3n) is 8.10. The van der Waals surface area contributed by atoms with Crippen molar-refractivity contribution in [3.8, 4) is 0 Å². The van der Waals surface area contributed by atoms with E-state index in [0.29, 0.717) is 6.04 Å². The van der Waals surface area contributed by atoms with Crippen molar-refractivity contribution in [1.29, 1.82) is 0 Å². The van der Waals surface area contributed by atoms with Gasteiger partial charge < -0.3 is 10.6 Å². The van der Waals surface area contributed by atoms with Crippen LogP contribution in [-0.2, 0) is 32.6 Å². The molecule has 1 unspecified atom stereocenters. The molecule has 6 heteroatoms. The van der Waals surface area contributed by atoms with E-state index in [9.17, 15) is 0 Å². The van der Waals surface area contributed by atoms with Crippen molar-refractivity contribution in [3.63, 3.8) is 0 Å². The molecule has 0 spiro atoms. The predicted molar refractivity (Wildman–Crippen MR) is 178 cm³/mol. The quantitative estimate of drug-likeness (QED) is 0.145. The lowest BCUT2D eigenvalue weighted by Crippen LogP contribution is -2.36. The van der Waals surface area contributed by atoms with E-state index in [2.05, 4.69) is 105 Å². The number of halogens is 1. The van der Waals surface area contributed by atoms with Crippen LogP contribution >= 0.6 is 17.0 Å². The number of hydrogen-bond acceptors (Lipinski definition) is 5. The van der Waals surface area contributed by atoms with Crippen molar-refractivity contribution < 1.29 is 0 Å². The standard InChI is InChI=1S/C36H39N5.BrH/c1-2-8-33-23-30(17-18-31(33)7-1)25-37-21-22-41(35-12-5-9-32-10-6-20-40-36(32)35)27-29-15-13-28(14-16-29)24-38-26-34-11-3-4-19-39-34;/h1-4,6-8,10-11,13-20,23,35,37-38H,5,9,12,21-22,24-27H2;1H. The topological polar surface area (TPSA) is 53.1 Å². The average Bonchev–Trinajstić information content (AvgIpc) is 3.03. The van der Waals surface area contributed by atoms with Gasteiger partial charge in [0.05, 0.1) is 17.4 Å². The summed E-state index contributed by atoms with van der Waals surface area (Å²) in [5.74, 6) is 0. The molecule has 6 rings (SSSR count). The summed E-state index contributed by atoms with van der Waals surface area (Å²) >= 11 is 0. The summed E-state index contributed by atoms with van der Waals surface area (Å²) in [6, 6.07) is 35.1. The molecular weight excluding hydrogens is 582 g/mol. The monoisotopic (exact) mass is 621 g/mol. The van der Waals surface area contributed by atoms with E-state index >= 15 is 0 Å². The fourth-order valence-electron chi connectivity index (χ4n) is 5.92. The maximum absolute atomic E-state index is 4.87. The Hall–Kier alpha value is -3.42. The Morgan fingerprint density at radius 3 is 2.31 bits per heavy atom. The van der Waals surface area contributed by atoms with Crippen molar-refractivity contribution in [2.45, 2.75) is 51.5 Å². The van der Waals surface area contributed by atoms with E-state index < -0.39 is 0 Å². The minimum Gasteiger partial charge on any atom is -0.311 e. The number of aromatic nitrogens is 2. The lowest BCUT2D eigenvalue weighted by molar-refractivity contribution is 0.166. The number of hydrogen-bond donors (Lipinski definition) is 2. The molecule has 2 heterocycles. The molecule has 0 saturated carbocycles. The van der Waals surface area contributed by atoms with Crippen LogP contribution in [0.15, 0.2) is 109 Å². The van der Waals surface area contributed by atoms with Crippen LogP contribution in [0.2, 0.25) is 0 Å². The molecular formula is C36H40BrN5. The van der Waals surface area contributed by atoms with Crippen LogP contribution in [0, 0.1) is 0 Å². The van der Waals surface area contributed by atoms with Gasteiger partial charge in [0.15, 0.2) is 0 Å². The van der Waals surface area contributed by atoms with Gasteiger partial charge in [-0.25, -0.2) is 0 Å². The predicted octanol–water partition coefficient (Wildman–Crippen LogP) is 7.17. The number of nitrogens with one attached hydrogen (secondary N) is 2. The molecule has 5 aromatic rings. The Balaban J connectivity index is 0.00000353. The highest BCUT2D eigenvalue weighted by molar-refractivity contribution is 8.93. The Bertz CT molecular complexity index is 1540. The van der Waals surface area contributed by atoms with E-state index in [4.69, 9.17) is 4.98 Å². The number of benzene rings is 3. The smallest absolute Gasteiger partial charge is 0.0607 e. The van der Waals surface area contributed by atoms with Gasteiger partial charge in [-0.2, -0.15) is 0 Å². The Kier molecular flexibility index (Phi) is 10.9. The summed E-state index contributed by atoms with van der Waals surface area (Å²) in [7, 11) is 0. The van der Waals surface area contributed by atoms with Gasteiger partial charge in [0.2, 0.25) is 0 Å². The van der Waals surface area contributed by atoms with Crippen molar-refractivity contribution in [2.24, 2.45) is 0 Å². The first-order chi connectivity index (χ1) is 20.3. The Morgan fingerprint density at radius 2 is 1.45 bits per heavy atom. The molecule has 5 nitrogen and oxygen atoms in total. The van der Waals surface area contributed by atoms with Gasteiger partial charge >= 0.3 is 0 Å². The number of aryl methyl sites for hydroxylation is 1. The largest absolute Gasteiger partial charge is 0.311 e. The SMILES string of the molecule is Br.c1ccc(CNCc2ccc(CN(CCNCc3ccc4ccccc4c3)C3CCCc4cccnc43)cc2)nc1. The zero-order valence-corrected chi connectivity index (χ0v) is 25.8. The second-order valence-corrected chi connectivity index (χ2v) is 11.0. The first-order valence-electron chi connectivity index (χ1n) is 14.9. The van der Waals surface area contributed by atoms with Crippen LogP contribution in [-0.4, -0.2) is 28.0 Å². The van der Waals surface area contributed by atoms with Crippen LogP contribution < -0.4 is 10.6 Å². The highest BCUT2D eigenvalue weighted by Crippen LogP contribution is 2.33. The highest BCUT2D eigenvalue weighted by atomic mass is 79.9. The Morgan fingerprint density at radius 1 is 0.690 bits per heavy atom. The molecule has 0 amide bonds.